The number of halogens is 3. The Balaban J connectivity index is 1.76. The molecule has 30 heavy (non-hydrogen) atoms. The second kappa shape index (κ2) is 9.18. The molecule has 9 heteroatoms. The van der Waals surface area contributed by atoms with Crippen LogP contribution in [0.15, 0.2) is 53.4 Å². The molecule has 0 amide bonds. The average molecular weight is 440 g/mol. The Hall–Kier alpha value is -2.39. The Kier molecular flexibility index (Phi) is 6.82. The third-order valence-corrected chi connectivity index (χ3v) is 6.93. The van der Waals surface area contributed by atoms with Crippen molar-refractivity contribution in [1.29, 1.82) is 0 Å². The smallest absolute Gasteiger partial charge is 0.377 e. The molecule has 1 fully saturated rings. The lowest BCUT2D eigenvalue weighted by atomic mass is 10.1. The number of sulfonamides is 1. The molecule has 1 heterocycles. The number of nitrogens with zero attached hydrogens (tertiary/aromatic N) is 1. The Morgan fingerprint density at radius 3 is 2.30 bits per heavy atom. The zero-order valence-corrected chi connectivity index (χ0v) is 17.1. The van der Waals surface area contributed by atoms with Gasteiger partial charge in [-0.15, -0.1) is 0 Å². The minimum Gasteiger partial charge on any atom is -0.377 e. The zero-order chi connectivity index (χ0) is 21.8. The molecule has 5 nitrogen and oxygen atoms in total. The van der Waals surface area contributed by atoms with Gasteiger partial charge in [-0.3, -0.25) is 4.79 Å². The molecule has 0 unspecified atom stereocenters. The highest BCUT2D eigenvalue weighted by Gasteiger charge is 2.33. The lowest BCUT2D eigenvalue weighted by Crippen LogP contribution is -2.32. The third-order valence-electron chi connectivity index (χ3n) is 5.03. The number of carbonyl (C=O) groups excluding carboxylic acids is 1. The van der Waals surface area contributed by atoms with E-state index in [2.05, 4.69) is 5.32 Å². The van der Waals surface area contributed by atoms with Crippen molar-refractivity contribution in [2.24, 2.45) is 0 Å². The first-order valence-electron chi connectivity index (χ1n) is 9.73. The van der Waals surface area contributed by atoms with Crippen molar-refractivity contribution in [3.05, 3.63) is 59.7 Å². The summed E-state index contributed by atoms with van der Waals surface area (Å²) in [7, 11) is -3.72. The van der Waals surface area contributed by atoms with E-state index in [9.17, 15) is 26.4 Å². The highest BCUT2D eigenvalue weighted by molar-refractivity contribution is 7.89. The summed E-state index contributed by atoms with van der Waals surface area (Å²) in [5.74, 6) is -0.500. The van der Waals surface area contributed by atoms with Gasteiger partial charge in [-0.2, -0.15) is 17.5 Å². The number of alkyl halides is 3. The van der Waals surface area contributed by atoms with Gasteiger partial charge in [0.05, 0.1) is 17.0 Å². The molecule has 0 radical (unpaired) electrons. The molecule has 0 aliphatic carbocycles. The maximum Gasteiger partial charge on any atom is 0.418 e. The summed E-state index contributed by atoms with van der Waals surface area (Å²) < 4.78 is 66.5. The van der Waals surface area contributed by atoms with Crippen LogP contribution in [0.2, 0.25) is 0 Å². The highest BCUT2D eigenvalue weighted by Crippen LogP contribution is 2.34. The molecule has 1 aliphatic rings. The summed E-state index contributed by atoms with van der Waals surface area (Å²) in [5, 5.41) is 2.52. The number of carbonyl (C=O) groups is 1. The van der Waals surface area contributed by atoms with E-state index in [1.165, 1.54) is 46.8 Å². The Morgan fingerprint density at radius 1 is 0.967 bits per heavy atom. The normalized spacial score (nSPS) is 16.1. The van der Waals surface area contributed by atoms with E-state index in [-0.39, 0.29) is 22.7 Å². The van der Waals surface area contributed by atoms with Gasteiger partial charge in [-0.25, -0.2) is 8.42 Å². The van der Waals surface area contributed by atoms with Gasteiger partial charge in [0.2, 0.25) is 10.0 Å². The molecule has 2 aromatic rings. The van der Waals surface area contributed by atoms with Crippen molar-refractivity contribution in [3.8, 4) is 0 Å². The van der Waals surface area contributed by atoms with Gasteiger partial charge in [0.25, 0.3) is 0 Å². The van der Waals surface area contributed by atoms with Gasteiger partial charge in [-0.05, 0) is 37.1 Å². The van der Waals surface area contributed by atoms with Crippen LogP contribution in [0.1, 0.15) is 41.6 Å². The van der Waals surface area contributed by atoms with E-state index in [1.807, 2.05) is 0 Å². The van der Waals surface area contributed by atoms with Gasteiger partial charge < -0.3 is 5.32 Å². The van der Waals surface area contributed by atoms with Crippen LogP contribution in [0.4, 0.5) is 18.9 Å². The van der Waals surface area contributed by atoms with Gasteiger partial charge >= 0.3 is 6.18 Å². The molecular formula is C21H23F3N2O3S. The average Bonchev–Trinajstić information content (AvgIpc) is 3.02. The van der Waals surface area contributed by atoms with Crippen LogP contribution in [0.25, 0.3) is 0 Å². The van der Waals surface area contributed by atoms with Crippen LogP contribution >= 0.6 is 0 Å². The van der Waals surface area contributed by atoms with E-state index in [4.69, 9.17) is 0 Å². The number of benzene rings is 2. The second-order valence-electron chi connectivity index (χ2n) is 7.17. The quantitative estimate of drug-likeness (QED) is 0.669. The van der Waals surface area contributed by atoms with Crippen LogP contribution in [-0.2, 0) is 16.2 Å². The Labute approximate surface area is 173 Å². The molecule has 1 saturated heterocycles. The lowest BCUT2D eigenvalue weighted by molar-refractivity contribution is -0.136. The van der Waals surface area contributed by atoms with E-state index < -0.39 is 27.5 Å². The fourth-order valence-corrected chi connectivity index (χ4v) is 4.99. The monoisotopic (exact) mass is 440 g/mol. The number of hydrogen-bond donors (Lipinski definition) is 1. The summed E-state index contributed by atoms with van der Waals surface area (Å²) in [6, 6.07) is 10.5. The van der Waals surface area contributed by atoms with Crippen LogP contribution < -0.4 is 5.32 Å². The van der Waals surface area contributed by atoms with E-state index in [0.29, 0.717) is 13.1 Å². The van der Waals surface area contributed by atoms with Crippen molar-refractivity contribution in [2.75, 3.05) is 25.0 Å². The fourth-order valence-electron chi connectivity index (χ4n) is 3.42. The third kappa shape index (κ3) is 5.20. The first-order valence-corrected chi connectivity index (χ1v) is 11.2. The van der Waals surface area contributed by atoms with Gasteiger partial charge in [0.15, 0.2) is 5.78 Å². The number of para-hydroxylation sites is 1. The maximum atomic E-state index is 13.1. The number of anilines is 1. The molecule has 1 N–H and O–H groups in total. The molecule has 3 rings (SSSR count). The van der Waals surface area contributed by atoms with Crippen molar-refractivity contribution < 1.29 is 26.4 Å². The van der Waals surface area contributed by atoms with Crippen molar-refractivity contribution in [1.82, 2.24) is 4.31 Å². The first-order chi connectivity index (χ1) is 14.2. The van der Waals surface area contributed by atoms with Crippen LogP contribution in [0.5, 0.6) is 0 Å². The Bertz CT molecular complexity index is 999. The topological polar surface area (TPSA) is 66.5 Å². The molecule has 1 aliphatic heterocycles. The second-order valence-corrected chi connectivity index (χ2v) is 9.10. The molecule has 0 aromatic heterocycles. The van der Waals surface area contributed by atoms with Crippen LogP contribution in [0, 0.1) is 0 Å². The summed E-state index contributed by atoms with van der Waals surface area (Å²) in [4.78, 5) is 12.6. The number of ketones is 1. The summed E-state index contributed by atoms with van der Waals surface area (Å²) >= 11 is 0. The molecule has 0 saturated carbocycles. The zero-order valence-electron chi connectivity index (χ0n) is 16.3. The number of Topliss-reactive ketones (excluding diaryl/α,β-unsaturated/α-hetero) is 1. The standard InChI is InChI=1S/C21H23F3N2O3S/c22-21(23,24)18-10-3-4-11-19(18)25-15-20(27)16-8-7-9-17(14-16)30(28,29)26-12-5-1-2-6-13-26/h3-4,7-11,14,25H,1-2,5-6,12-13,15H2. The van der Waals surface area contributed by atoms with Crippen LogP contribution in [-0.4, -0.2) is 38.1 Å². The molecule has 162 valence electrons. The first kappa shape index (κ1) is 22.3. The molecule has 0 spiro atoms. The fraction of sp³-hybridized carbons (Fsp3) is 0.381. The van der Waals surface area contributed by atoms with Crippen LogP contribution in [0.3, 0.4) is 0 Å². The Morgan fingerprint density at radius 2 is 1.63 bits per heavy atom. The molecule has 0 atom stereocenters. The summed E-state index contributed by atoms with van der Waals surface area (Å²) in [6.45, 7) is 0.493. The maximum absolute atomic E-state index is 13.1. The summed E-state index contributed by atoms with van der Waals surface area (Å²) in [6.07, 6.45) is -1.00. The number of rotatable bonds is 6. The SMILES string of the molecule is O=C(CNc1ccccc1C(F)(F)F)c1cccc(S(=O)(=O)N2CCCCCC2)c1. The minimum atomic E-state index is -4.55. The lowest BCUT2D eigenvalue weighted by Gasteiger charge is -2.20. The molecule has 2 aromatic carbocycles. The number of nitrogens with one attached hydrogen (secondary N) is 1. The predicted octanol–water partition coefficient (Wildman–Crippen LogP) is 4.56. The molecular weight excluding hydrogens is 417 g/mol. The highest BCUT2D eigenvalue weighted by atomic mass is 32.2. The van der Waals surface area contributed by atoms with Gasteiger partial charge in [0, 0.05) is 24.3 Å². The van der Waals surface area contributed by atoms with E-state index in [0.717, 1.165) is 31.7 Å². The number of hydrogen-bond acceptors (Lipinski definition) is 4. The van der Waals surface area contributed by atoms with E-state index in [1.54, 1.807) is 0 Å². The van der Waals surface area contributed by atoms with Crippen molar-refractivity contribution in [2.45, 2.75) is 36.8 Å². The minimum absolute atomic E-state index is 0.0194. The van der Waals surface area contributed by atoms with Crippen molar-refractivity contribution in [3.63, 3.8) is 0 Å². The van der Waals surface area contributed by atoms with Crippen molar-refractivity contribution >= 4 is 21.5 Å². The molecule has 0 bridgehead atoms. The predicted molar refractivity (Wildman–Crippen MR) is 108 cm³/mol. The van der Waals surface area contributed by atoms with E-state index >= 15 is 0 Å². The van der Waals surface area contributed by atoms with Gasteiger partial charge in [0.1, 0.15) is 0 Å². The summed E-state index contributed by atoms with van der Waals surface area (Å²) in [5.41, 5.74) is -0.940. The van der Waals surface area contributed by atoms with Gasteiger partial charge in [-0.1, -0.05) is 37.1 Å². The largest absolute Gasteiger partial charge is 0.418 e.